The Kier molecular flexibility index (Phi) is 8.42. The molecule has 2 aromatic carbocycles. The number of carbonyl (C=O) groups excluding carboxylic acids is 1. The highest BCUT2D eigenvalue weighted by Crippen LogP contribution is 2.22. The number of likely N-dealkylation sites (N-methyl/N-ethyl adjacent to an activating group) is 1. The third kappa shape index (κ3) is 7.36. The first-order valence-corrected chi connectivity index (χ1v) is 9.27. The van der Waals surface area contributed by atoms with E-state index in [0.717, 1.165) is 6.42 Å². The number of benzene rings is 2. The number of amides is 1. The van der Waals surface area contributed by atoms with Crippen LogP contribution in [-0.2, 0) is 11.3 Å². The molecule has 2 aromatic rings. The molecule has 4 N–H and O–H groups in total. The highest BCUT2D eigenvalue weighted by Gasteiger charge is 2.14. The lowest BCUT2D eigenvalue weighted by atomic mass is 10.1. The number of ether oxygens (including phenoxy) is 1. The second kappa shape index (κ2) is 11.0. The van der Waals surface area contributed by atoms with E-state index in [1.165, 1.54) is 5.56 Å². The Bertz CT molecular complexity index is 795. The van der Waals surface area contributed by atoms with Crippen molar-refractivity contribution in [3.8, 4) is 5.75 Å². The SMILES string of the molecule is CN(CCc1ccccc1)C(=O)c1cc(Cl)cc(OCCCON=C(N)N)c1. The molecule has 0 heterocycles. The Balaban J connectivity index is 1.88. The third-order valence-corrected chi connectivity index (χ3v) is 4.08. The molecule has 0 saturated heterocycles. The fourth-order valence-electron chi connectivity index (χ4n) is 2.47. The molecule has 0 atom stereocenters. The minimum absolute atomic E-state index is 0.112. The maximum Gasteiger partial charge on any atom is 0.253 e. The maximum absolute atomic E-state index is 12.7. The molecule has 1 amide bonds. The van der Waals surface area contributed by atoms with E-state index >= 15 is 0 Å². The standard InChI is InChI=1S/C20H25ClN4O3/c1-25(9-8-15-6-3-2-4-7-15)19(26)16-12-17(21)14-18(13-16)27-10-5-11-28-24-20(22)23/h2-4,6-7,12-14H,5,8-11H2,1H3,(H4,22,23,24). The monoisotopic (exact) mass is 404 g/mol. The van der Waals surface area contributed by atoms with E-state index in [-0.39, 0.29) is 11.9 Å². The van der Waals surface area contributed by atoms with Gasteiger partial charge in [0.15, 0.2) is 0 Å². The van der Waals surface area contributed by atoms with E-state index in [9.17, 15) is 4.79 Å². The molecule has 0 aliphatic carbocycles. The van der Waals surface area contributed by atoms with Gasteiger partial charge in [0, 0.05) is 30.6 Å². The van der Waals surface area contributed by atoms with Crippen LogP contribution in [0.3, 0.4) is 0 Å². The van der Waals surface area contributed by atoms with Gasteiger partial charge in [0.2, 0.25) is 5.96 Å². The van der Waals surface area contributed by atoms with E-state index < -0.39 is 0 Å². The highest BCUT2D eigenvalue weighted by atomic mass is 35.5. The Labute approximate surface area is 169 Å². The molecule has 7 nitrogen and oxygen atoms in total. The smallest absolute Gasteiger partial charge is 0.253 e. The molecule has 0 fully saturated rings. The summed E-state index contributed by atoms with van der Waals surface area (Å²) in [7, 11) is 1.77. The molecule has 0 aliphatic rings. The van der Waals surface area contributed by atoms with Gasteiger partial charge in [-0.2, -0.15) is 0 Å². The summed E-state index contributed by atoms with van der Waals surface area (Å²) in [5, 5.41) is 3.86. The van der Waals surface area contributed by atoms with Gasteiger partial charge in [-0.3, -0.25) is 4.79 Å². The predicted octanol–water partition coefficient (Wildman–Crippen LogP) is 2.63. The molecule has 0 aromatic heterocycles. The van der Waals surface area contributed by atoms with Crippen molar-refractivity contribution in [2.45, 2.75) is 12.8 Å². The molecule has 0 radical (unpaired) electrons. The van der Waals surface area contributed by atoms with Crippen molar-refractivity contribution in [3.05, 3.63) is 64.7 Å². The zero-order valence-corrected chi connectivity index (χ0v) is 16.6. The molecular weight excluding hydrogens is 380 g/mol. The van der Waals surface area contributed by atoms with Crippen molar-refractivity contribution in [1.82, 2.24) is 4.90 Å². The van der Waals surface area contributed by atoms with Crippen molar-refractivity contribution in [2.24, 2.45) is 16.6 Å². The first-order chi connectivity index (χ1) is 13.5. The van der Waals surface area contributed by atoms with Crippen LogP contribution in [0.5, 0.6) is 5.75 Å². The quantitative estimate of drug-likeness (QED) is 0.274. The summed E-state index contributed by atoms with van der Waals surface area (Å²) in [5.41, 5.74) is 12.0. The summed E-state index contributed by atoms with van der Waals surface area (Å²) in [6.07, 6.45) is 1.35. The Morgan fingerprint density at radius 2 is 1.89 bits per heavy atom. The lowest BCUT2D eigenvalue weighted by molar-refractivity contribution is 0.0796. The van der Waals surface area contributed by atoms with Gasteiger partial charge in [-0.15, -0.1) is 0 Å². The topological polar surface area (TPSA) is 103 Å². The molecule has 0 unspecified atom stereocenters. The van der Waals surface area contributed by atoms with Crippen LogP contribution in [0.25, 0.3) is 0 Å². The molecular formula is C20H25ClN4O3. The number of nitrogens with zero attached hydrogens (tertiary/aromatic N) is 2. The Morgan fingerprint density at radius 3 is 2.61 bits per heavy atom. The molecule has 0 saturated carbocycles. The highest BCUT2D eigenvalue weighted by molar-refractivity contribution is 6.31. The Hall–Kier alpha value is -2.93. The van der Waals surface area contributed by atoms with Crippen LogP contribution in [0.1, 0.15) is 22.3 Å². The van der Waals surface area contributed by atoms with E-state index in [2.05, 4.69) is 5.16 Å². The van der Waals surface area contributed by atoms with Gasteiger partial charge in [0.25, 0.3) is 5.91 Å². The molecule has 8 heteroatoms. The van der Waals surface area contributed by atoms with Crippen molar-refractivity contribution in [2.75, 3.05) is 26.8 Å². The van der Waals surface area contributed by atoms with Crippen molar-refractivity contribution in [3.63, 3.8) is 0 Å². The van der Waals surface area contributed by atoms with Crippen LogP contribution in [0.2, 0.25) is 5.02 Å². The Morgan fingerprint density at radius 1 is 1.14 bits per heavy atom. The lowest BCUT2D eigenvalue weighted by Gasteiger charge is -2.18. The van der Waals surface area contributed by atoms with Crippen molar-refractivity contribution in [1.29, 1.82) is 0 Å². The van der Waals surface area contributed by atoms with Gasteiger partial charge < -0.3 is 25.9 Å². The number of nitrogens with two attached hydrogens (primary N) is 2. The molecule has 150 valence electrons. The average Bonchev–Trinajstić information content (AvgIpc) is 2.68. The lowest BCUT2D eigenvalue weighted by Crippen LogP contribution is -2.28. The van der Waals surface area contributed by atoms with Gasteiger partial charge in [-0.25, -0.2) is 0 Å². The zero-order chi connectivity index (χ0) is 20.4. The molecule has 2 rings (SSSR count). The summed E-state index contributed by atoms with van der Waals surface area (Å²) in [4.78, 5) is 19.3. The summed E-state index contributed by atoms with van der Waals surface area (Å²) in [6, 6.07) is 15.0. The number of rotatable bonds is 10. The molecule has 0 aliphatic heterocycles. The number of hydrogen-bond donors (Lipinski definition) is 2. The zero-order valence-electron chi connectivity index (χ0n) is 15.8. The number of halogens is 1. The van der Waals surface area contributed by atoms with Crippen LogP contribution in [0.4, 0.5) is 0 Å². The molecule has 28 heavy (non-hydrogen) atoms. The van der Waals surface area contributed by atoms with E-state index in [1.807, 2.05) is 30.3 Å². The number of carbonyl (C=O) groups is 1. The molecule has 0 bridgehead atoms. The van der Waals surface area contributed by atoms with Gasteiger partial charge >= 0.3 is 0 Å². The number of guanidine groups is 1. The summed E-state index contributed by atoms with van der Waals surface area (Å²) >= 11 is 6.15. The van der Waals surface area contributed by atoms with E-state index in [0.29, 0.717) is 42.5 Å². The van der Waals surface area contributed by atoms with Crippen molar-refractivity contribution < 1.29 is 14.4 Å². The van der Waals surface area contributed by atoms with Crippen LogP contribution >= 0.6 is 11.6 Å². The fourth-order valence-corrected chi connectivity index (χ4v) is 2.69. The van der Waals surface area contributed by atoms with Gasteiger partial charge in [-0.05, 0) is 35.3 Å². The van der Waals surface area contributed by atoms with Gasteiger partial charge in [0.1, 0.15) is 12.4 Å². The van der Waals surface area contributed by atoms with E-state index in [1.54, 1.807) is 30.1 Å². The number of oxime groups is 1. The second-order valence-corrected chi connectivity index (χ2v) is 6.63. The average molecular weight is 405 g/mol. The summed E-state index contributed by atoms with van der Waals surface area (Å²) < 4.78 is 5.65. The molecule has 0 spiro atoms. The number of hydrogen-bond acceptors (Lipinski definition) is 4. The first kappa shape index (κ1) is 21.4. The van der Waals surface area contributed by atoms with Gasteiger partial charge in [0.05, 0.1) is 6.61 Å². The maximum atomic E-state index is 12.7. The third-order valence-electron chi connectivity index (χ3n) is 3.86. The second-order valence-electron chi connectivity index (χ2n) is 6.19. The minimum Gasteiger partial charge on any atom is -0.493 e. The van der Waals surface area contributed by atoms with E-state index in [4.69, 9.17) is 32.6 Å². The normalized spacial score (nSPS) is 10.2. The van der Waals surface area contributed by atoms with Gasteiger partial charge in [-0.1, -0.05) is 41.9 Å². The van der Waals surface area contributed by atoms with Crippen LogP contribution in [0, 0.1) is 0 Å². The van der Waals surface area contributed by atoms with Crippen LogP contribution < -0.4 is 16.2 Å². The van der Waals surface area contributed by atoms with Crippen molar-refractivity contribution >= 4 is 23.5 Å². The summed E-state index contributed by atoms with van der Waals surface area (Å²) in [5.74, 6) is 0.281. The van der Waals surface area contributed by atoms with Crippen LogP contribution in [-0.4, -0.2) is 43.6 Å². The summed E-state index contributed by atoms with van der Waals surface area (Å²) in [6.45, 7) is 1.29. The minimum atomic E-state index is -0.129. The largest absolute Gasteiger partial charge is 0.493 e. The predicted molar refractivity (Wildman–Crippen MR) is 110 cm³/mol. The fraction of sp³-hybridized carbons (Fsp3) is 0.300. The van der Waals surface area contributed by atoms with Crippen LogP contribution in [0.15, 0.2) is 53.7 Å². The first-order valence-electron chi connectivity index (χ1n) is 8.89.